The van der Waals surface area contributed by atoms with Crippen LogP contribution < -0.4 is 16.0 Å². The van der Waals surface area contributed by atoms with E-state index < -0.39 is 48.1 Å². The van der Waals surface area contributed by atoms with Gasteiger partial charge < -0.3 is 30.9 Å². The van der Waals surface area contributed by atoms with Crippen LogP contribution in [0.4, 0.5) is 4.79 Å². The number of aromatic hydroxyl groups is 1. The van der Waals surface area contributed by atoms with Gasteiger partial charge in [0.15, 0.2) is 0 Å². The Bertz CT molecular complexity index is 741. The van der Waals surface area contributed by atoms with Crippen LogP contribution in [0.15, 0.2) is 24.3 Å². The molecule has 0 aliphatic carbocycles. The molecule has 0 spiro atoms. The largest absolute Gasteiger partial charge is 0.508 e. The Morgan fingerprint density at radius 1 is 1.07 bits per heavy atom. The number of rotatable bonds is 8. The zero-order valence-corrected chi connectivity index (χ0v) is 16.8. The van der Waals surface area contributed by atoms with E-state index >= 15 is 0 Å². The van der Waals surface area contributed by atoms with Crippen LogP contribution in [-0.4, -0.2) is 58.3 Å². The zero-order chi connectivity index (χ0) is 22.2. The number of hydrogen-bond donors (Lipinski definition) is 5. The van der Waals surface area contributed by atoms with E-state index in [0.717, 1.165) is 0 Å². The average molecular weight is 409 g/mol. The molecule has 0 fully saturated rings. The predicted octanol–water partition coefficient (Wildman–Crippen LogP) is 0.534. The third-order valence-corrected chi connectivity index (χ3v) is 3.55. The van der Waals surface area contributed by atoms with E-state index in [-0.39, 0.29) is 12.2 Å². The fourth-order valence-corrected chi connectivity index (χ4v) is 2.17. The third-order valence-electron chi connectivity index (χ3n) is 3.55. The number of aliphatic carboxylic acids is 1. The van der Waals surface area contributed by atoms with Gasteiger partial charge in [0.1, 0.15) is 23.4 Å². The molecule has 2 unspecified atom stereocenters. The summed E-state index contributed by atoms with van der Waals surface area (Å²) in [5.74, 6) is -2.49. The highest BCUT2D eigenvalue weighted by molar-refractivity contribution is 5.91. The fraction of sp³-hybridized carbons (Fsp3) is 0.474. The van der Waals surface area contributed by atoms with Gasteiger partial charge in [-0.1, -0.05) is 12.1 Å². The molecule has 1 aromatic carbocycles. The van der Waals surface area contributed by atoms with Crippen LogP contribution in [0.25, 0.3) is 0 Å². The Kier molecular flexibility index (Phi) is 8.43. The molecular weight excluding hydrogens is 382 g/mol. The molecular formula is C19H27N3O7. The van der Waals surface area contributed by atoms with Crippen LogP contribution in [0.2, 0.25) is 0 Å². The molecule has 3 amide bonds. The SMILES string of the molecule is CC(NC(=O)CNC(=O)C(Cc1ccc(O)cc1)NC(=O)OC(C)(C)C)C(=O)O. The summed E-state index contributed by atoms with van der Waals surface area (Å²) in [6, 6.07) is 3.91. The maximum absolute atomic E-state index is 12.5. The molecule has 10 heteroatoms. The van der Waals surface area contributed by atoms with Crippen molar-refractivity contribution in [1.82, 2.24) is 16.0 Å². The van der Waals surface area contributed by atoms with E-state index in [0.29, 0.717) is 5.56 Å². The lowest BCUT2D eigenvalue weighted by Gasteiger charge is -2.23. The number of nitrogens with one attached hydrogen (secondary N) is 3. The summed E-state index contributed by atoms with van der Waals surface area (Å²) in [6.45, 7) is 5.86. The number of phenolic OH excluding ortho intramolecular Hbond substituents is 1. The molecule has 0 bridgehead atoms. The molecule has 1 aromatic rings. The van der Waals surface area contributed by atoms with Crippen molar-refractivity contribution in [3.63, 3.8) is 0 Å². The summed E-state index contributed by atoms with van der Waals surface area (Å²) >= 11 is 0. The van der Waals surface area contributed by atoms with Crippen molar-refractivity contribution in [2.75, 3.05) is 6.54 Å². The van der Waals surface area contributed by atoms with E-state index in [4.69, 9.17) is 9.84 Å². The number of carboxylic acid groups (broad SMARTS) is 1. The molecule has 0 radical (unpaired) electrons. The van der Waals surface area contributed by atoms with Crippen LogP contribution in [0.5, 0.6) is 5.75 Å². The van der Waals surface area contributed by atoms with Crippen LogP contribution in [0.3, 0.4) is 0 Å². The minimum Gasteiger partial charge on any atom is -0.508 e. The van der Waals surface area contributed by atoms with Gasteiger partial charge in [-0.15, -0.1) is 0 Å². The number of carbonyl (C=O) groups is 4. The van der Waals surface area contributed by atoms with Crippen LogP contribution >= 0.6 is 0 Å². The molecule has 5 N–H and O–H groups in total. The highest BCUT2D eigenvalue weighted by Crippen LogP contribution is 2.12. The maximum Gasteiger partial charge on any atom is 0.408 e. The summed E-state index contributed by atoms with van der Waals surface area (Å²) < 4.78 is 5.17. The fourth-order valence-electron chi connectivity index (χ4n) is 2.17. The van der Waals surface area contributed by atoms with E-state index in [1.807, 2.05) is 0 Å². The van der Waals surface area contributed by atoms with Crippen molar-refractivity contribution >= 4 is 23.9 Å². The summed E-state index contributed by atoms with van der Waals surface area (Å²) in [4.78, 5) is 47.1. The number of hydrogen-bond acceptors (Lipinski definition) is 6. The molecule has 0 aliphatic rings. The van der Waals surface area contributed by atoms with E-state index in [2.05, 4.69) is 16.0 Å². The Hall–Kier alpha value is -3.30. The van der Waals surface area contributed by atoms with Crippen molar-refractivity contribution in [3.05, 3.63) is 29.8 Å². The molecule has 1 rings (SSSR count). The second-order valence-corrected chi connectivity index (χ2v) is 7.41. The van der Waals surface area contributed by atoms with Crippen molar-refractivity contribution in [1.29, 1.82) is 0 Å². The molecule has 0 aliphatic heterocycles. The molecule has 0 heterocycles. The maximum atomic E-state index is 12.5. The third kappa shape index (κ3) is 9.45. The molecule has 2 atom stereocenters. The van der Waals surface area contributed by atoms with Crippen molar-refractivity contribution in [2.24, 2.45) is 0 Å². The van der Waals surface area contributed by atoms with E-state index in [1.165, 1.54) is 19.1 Å². The topological polar surface area (TPSA) is 154 Å². The number of alkyl carbamates (subject to hydrolysis) is 1. The monoisotopic (exact) mass is 409 g/mol. The van der Waals surface area contributed by atoms with Gasteiger partial charge in [0.25, 0.3) is 0 Å². The predicted molar refractivity (Wildman–Crippen MR) is 103 cm³/mol. The Labute approximate surface area is 168 Å². The molecule has 0 aromatic heterocycles. The van der Waals surface area contributed by atoms with Gasteiger partial charge >= 0.3 is 12.1 Å². The lowest BCUT2D eigenvalue weighted by molar-refractivity contribution is -0.141. The van der Waals surface area contributed by atoms with Gasteiger partial charge in [-0.3, -0.25) is 14.4 Å². The summed E-state index contributed by atoms with van der Waals surface area (Å²) in [6.07, 6.45) is -0.723. The van der Waals surface area contributed by atoms with Gasteiger partial charge in [-0.2, -0.15) is 0 Å². The normalized spacial score (nSPS) is 13.0. The molecule has 160 valence electrons. The highest BCUT2D eigenvalue weighted by Gasteiger charge is 2.25. The molecule has 29 heavy (non-hydrogen) atoms. The minimum atomic E-state index is -1.21. The summed E-state index contributed by atoms with van der Waals surface area (Å²) in [5, 5.41) is 25.2. The zero-order valence-electron chi connectivity index (χ0n) is 16.8. The van der Waals surface area contributed by atoms with Crippen molar-refractivity contribution in [2.45, 2.75) is 51.8 Å². The Balaban J connectivity index is 2.78. The lowest BCUT2D eigenvalue weighted by atomic mass is 10.1. The molecule has 0 saturated carbocycles. The van der Waals surface area contributed by atoms with Crippen molar-refractivity contribution < 1.29 is 34.1 Å². The van der Waals surface area contributed by atoms with Crippen molar-refractivity contribution in [3.8, 4) is 5.75 Å². The average Bonchev–Trinajstić information content (AvgIpc) is 2.59. The Morgan fingerprint density at radius 2 is 1.66 bits per heavy atom. The van der Waals surface area contributed by atoms with Crippen LogP contribution in [0, 0.1) is 0 Å². The number of phenols is 1. The first-order valence-corrected chi connectivity index (χ1v) is 8.94. The first-order valence-electron chi connectivity index (χ1n) is 8.94. The van der Waals surface area contributed by atoms with E-state index in [1.54, 1.807) is 32.9 Å². The first kappa shape index (κ1) is 23.7. The van der Waals surface area contributed by atoms with Gasteiger partial charge in [0.2, 0.25) is 11.8 Å². The van der Waals surface area contributed by atoms with Gasteiger partial charge in [-0.05, 0) is 45.4 Å². The van der Waals surface area contributed by atoms with E-state index in [9.17, 15) is 24.3 Å². The van der Waals surface area contributed by atoms with Gasteiger partial charge in [-0.25, -0.2) is 4.79 Å². The first-order chi connectivity index (χ1) is 13.4. The number of benzene rings is 1. The van der Waals surface area contributed by atoms with Crippen LogP contribution in [-0.2, 0) is 25.5 Å². The number of ether oxygens (including phenoxy) is 1. The lowest BCUT2D eigenvalue weighted by Crippen LogP contribution is -2.51. The summed E-state index contributed by atoms with van der Waals surface area (Å²) in [5.41, 5.74) is -0.112. The number of amides is 3. The second-order valence-electron chi connectivity index (χ2n) is 7.41. The van der Waals surface area contributed by atoms with Gasteiger partial charge in [0.05, 0.1) is 6.54 Å². The number of carbonyl (C=O) groups excluding carboxylic acids is 3. The quantitative estimate of drug-likeness (QED) is 0.420. The van der Waals surface area contributed by atoms with Crippen LogP contribution in [0.1, 0.15) is 33.3 Å². The number of carboxylic acids is 1. The molecule has 0 saturated heterocycles. The second kappa shape index (κ2) is 10.3. The minimum absolute atomic E-state index is 0.0547. The standard InChI is InChI=1S/C19H27N3O7/c1-11(17(26)27)21-15(24)10-20-16(25)14(22-18(28)29-19(2,3)4)9-12-5-7-13(23)8-6-12/h5-8,11,14,23H,9-10H2,1-4H3,(H,20,25)(H,21,24)(H,22,28)(H,26,27). The highest BCUT2D eigenvalue weighted by atomic mass is 16.6. The summed E-state index contributed by atoms with van der Waals surface area (Å²) in [7, 11) is 0. The Morgan fingerprint density at radius 3 is 2.17 bits per heavy atom. The smallest absolute Gasteiger partial charge is 0.408 e. The van der Waals surface area contributed by atoms with Gasteiger partial charge in [0, 0.05) is 6.42 Å². The molecule has 10 nitrogen and oxygen atoms in total.